The second kappa shape index (κ2) is 13.6. The topological polar surface area (TPSA) is 144 Å². The summed E-state index contributed by atoms with van der Waals surface area (Å²) >= 11 is 0. The Hall–Kier alpha value is -3.84. The van der Waals surface area contributed by atoms with E-state index in [1.54, 1.807) is 31.3 Å². The lowest BCUT2D eigenvalue weighted by atomic mass is 9.95. The van der Waals surface area contributed by atoms with Crippen LogP contribution in [0.1, 0.15) is 43.4 Å². The Bertz CT molecular complexity index is 1540. The maximum atomic E-state index is 13.4. The fourth-order valence-corrected chi connectivity index (χ4v) is 6.57. The van der Waals surface area contributed by atoms with Gasteiger partial charge in [-0.1, -0.05) is 6.07 Å². The van der Waals surface area contributed by atoms with Gasteiger partial charge >= 0.3 is 0 Å². The van der Waals surface area contributed by atoms with Gasteiger partial charge in [-0.3, -0.25) is 14.4 Å². The van der Waals surface area contributed by atoms with Crippen LogP contribution in [0, 0.1) is 0 Å². The van der Waals surface area contributed by atoms with Crippen LogP contribution in [-0.2, 0) is 26.0 Å². The summed E-state index contributed by atoms with van der Waals surface area (Å²) in [7, 11) is 1.38. The lowest BCUT2D eigenvalue weighted by molar-refractivity contribution is -0.132. The average Bonchev–Trinajstić information content (AvgIpc) is 3.22. The zero-order chi connectivity index (χ0) is 31.3. The maximum Gasteiger partial charge on any atom is 0.222 e. The van der Waals surface area contributed by atoms with E-state index in [1.807, 2.05) is 12.1 Å². The highest BCUT2D eigenvalue weighted by Gasteiger charge is 2.30. The Balaban J connectivity index is 1.57. The van der Waals surface area contributed by atoms with Crippen LogP contribution >= 0.6 is 0 Å². The highest BCUT2D eigenvalue weighted by atomic mass is 32.2. The minimum Gasteiger partial charge on any atom is -0.493 e. The van der Waals surface area contributed by atoms with Crippen LogP contribution < -0.4 is 30.3 Å². The van der Waals surface area contributed by atoms with Crippen LogP contribution in [0.25, 0.3) is 11.1 Å². The number of fused-ring (bicyclic) bond motifs is 3. The first kappa shape index (κ1) is 32.1. The summed E-state index contributed by atoms with van der Waals surface area (Å²) in [5.74, 6) is 1.18. The summed E-state index contributed by atoms with van der Waals surface area (Å²) in [4.78, 5) is 39.9. The summed E-state index contributed by atoms with van der Waals surface area (Å²) < 4.78 is 41.8. The van der Waals surface area contributed by atoms with E-state index in [1.165, 1.54) is 24.6 Å². The fourth-order valence-electron chi connectivity index (χ4n) is 5.74. The molecule has 43 heavy (non-hydrogen) atoms. The molecule has 2 aliphatic rings. The number of amides is 2. The molecular weight excluding hydrogens is 576 g/mol. The van der Waals surface area contributed by atoms with Crippen molar-refractivity contribution in [2.45, 2.75) is 38.6 Å². The number of nitrogens with one attached hydrogen (secondary N) is 2. The minimum absolute atomic E-state index is 0.0474. The molecule has 0 unspecified atom stereocenters. The largest absolute Gasteiger partial charge is 0.493 e. The second-order valence-electron chi connectivity index (χ2n) is 10.7. The van der Waals surface area contributed by atoms with E-state index in [0.717, 1.165) is 16.7 Å². The molecule has 2 aromatic carbocycles. The normalized spacial score (nSPS) is 16.8. The molecule has 1 aliphatic heterocycles. The molecule has 1 fully saturated rings. The zero-order valence-electron chi connectivity index (χ0n) is 25.3. The van der Waals surface area contributed by atoms with Crippen molar-refractivity contribution >= 4 is 27.5 Å². The number of anilines is 1. The zero-order valence-corrected chi connectivity index (χ0v) is 26.1. The van der Waals surface area contributed by atoms with Gasteiger partial charge in [0.15, 0.2) is 11.5 Å². The molecule has 13 heteroatoms. The van der Waals surface area contributed by atoms with Crippen LogP contribution in [0.4, 0.5) is 5.69 Å². The lowest BCUT2D eigenvalue weighted by Crippen LogP contribution is -2.50. The van der Waals surface area contributed by atoms with E-state index in [9.17, 15) is 22.8 Å². The van der Waals surface area contributed by atoms with E-state index in [2.05, 4.69) is 10.6 Å². The first-order valence-corrected chi connectivity index (χ1v) is 16.1. The fraction of sp³-hybridized carbons (Fsp3) is 0.500. The second-order valence-corrected chi connectivity index (χ2v) is 12.7. The number of hydrogen-bond donors (Lipinski definition) is 2. The molecule has 0 spiro atoms. The van der Waals surface area contributed by atoms with Crippen molar-refractivity contribution in [3.05, 3.63) is 45.6 Å². The maximum absolute atomic E-state index is 13.4. The molecule has 2 N–H and O–H groups in total. The summed E-state index contributed by atoms with van der Waals surface area (Å²) in [6.07, 6.45) is 3.10. The number of nitrogens with zero attached hydrogens (tertiary/aromatic N) is 2. The highest BCUT2D eigenvalue weighted by Crippen LogP contribution is 2.50. The molecule has 12 nitrogen and oxygen atoms in total. The van der Waals surface area contributed by atoms with Crippen LogP contribution in [0.2, 0.25) is 0 Å². The van der Waals surface area contributed by atoms with Crippen molar-refractivity contribution in [1.82, 2.24) is 14.5 Å². The summed E-state index contributed by atoms with van der Waals surface area (Å²) in [6, 6.07) is 6.60. The molecule has 1 aliphatic carbocycles. The van der Waals surface area contributed by atoms with Crippen LogP contribution in [0.5, 0.6) is 17.2 Å². The van der Waals surface area contributed by atoms with Gasteiger partial charge in [-0.2, -0.15) is 4.31 Å². The number of piperazine rings is 1. The predicted octanol–water partition coefficient (Wildman–Crippen LogP) is 2.16. The number of hydrogen-bond acceptors (Lipinski definition) is 9. The number of methoxy groups -OCH3 is 3. The van der Waals surface area contributed by atoms with Crippen molar-refractivity contribution in [2.24, 2.45) is 0 Å². The van der Waals surface area contributed by atoms with Crippen molar-refractivity contribution in [1.29, 1.82) is 0 Å². The van der Waals surface area contributed by atoms with Gasteiger partial charge in [0.1, 0.15) is 0 Å². The summed E-state index contributed by atoms with van der Waals surface area (Å²) in [5.41, 5.74) is 3.23. The monoisotopic (exact) mass is 616 g/mol. The molecule has 1 saturated heterocycles. The van der Waals surface area contributed by atoms with Gasteiger partial charge in [0.05, 0.1) is 39.3 Å². The standard InChI is InChI=1S/C30H40N4O8S/c1-19(35)32-23-10-8-20-17-26(40-2)29(41-3)30(42-4)28(20)21-9-11-24(25(36)18-22(21)23)31-12-6-7-27(37)33-13-15-34(16-14-33)43(5,38)39/h9,11,17-18,23H,6-8,10,12-16H2,1-5H3,(H,31,36)(H,32,35)/t23-/m0/s1. The minimum atomic E-state index is -3.27. The van der Waals surface area contributed by atoms with Gasteiger partial charge in [0.2, 0.25) is 33.0 Å². The molecule has 234 valence electrons. The van der Waals surface area contributed by atoms with Crippen molar-refractivity contribution in [3.63, 3.8) is 0 Å². The molecule has 0 bridgehead atoms. The molecule has 1 atom stereocenters. The number of sulfonamides is 1. The Morgan fingerprint density at radius 2 is 1.70 bits per heavy atom. The number of carbonyl (C=O) groups is 2. The number of ether oxygens (including phenoxy) is 3. The van der Waals surface area contributed by atoms with Gasteiger partial charge in [0, 0.05) is 51.6 Å². The Morgan fingerprint density at radius 1 is 1.00 bits per heavy atom. The van der Waals surface area contributed by atoms with Gasteiger partial charge in [0.25, 0.3) is 0 Å². The molecular formula is C30H40N4O8S. The molecule has 0 radical (unpaired) electrons. The summed E-state index contributed by atoms with van der Waals surface area (Å²) in [5, 5.41) is 6.17. The molecule has 1 heterocycles. The van der Waals surface area contributed by atoms with E-state index in [0.29, 0.717) is 80.5 Å². The van der Waals surface area contributed by atoms with Gasteiger partial charge < -0.3 is 29.7 Å². The van der Waals surface area contributed by atoms with E-state index >= 15 is 0 Å². The molecule has 0 saturated carbocycles. The predicted molar refractivity (Wildman–Crippen MR) is 163 cm³/mol. The third kappa shape index (κ3) is 7.21. The first-order valence-electron chi connectivity index (χ1n) is 14.2. The van der Waals surface area contributed by atoms with Gasteiger partial charge in [-0.25, -0.2) is 8.42 Å². The van der Waals surface area contributed by atoms with Crippen molar-refractivity contribution in [3.8, 4) is 28.4 Å². The van der Waals surface area contributed by atoms with Crippen molar-refractivity contribution < 1.29 is 32.2 Å². The Morgan fingerprint density at radius 3 is 2.30 bits per heavy atom. The van der Waals surface area contributed by atoms with E-state index in [-0.39, 0.29) is 23.7 Å². The lowest BCUT2D eigenvalue weighted by Gasteiger charge is -2.33. The molecule has 2 amide bonds. The van der Waals surface area contributed by atoms with Crippen LogP contribution in [0.15, 0.2) is 29.1 Å². The number of aryl methyl sites for hydroxylation is 1. The van der Waals surface area contributed by atoms with Crippen LogP contribution in [-0.4, -0.2) is 89.7 Å². The molecule has 4 rings (SSSR count). The highest BCUT2D eigenvalue weighted by molar-refractivity contribution is 7.88. The van der Waals surface area contributed by atoms with Crippen LogP contribution in [0.3, 0.4) is 0 Å². The quantitative estimate of drug-likeness (QED) is 0.384. The third-order valence-electron chi connectivity index (χ3n) is 7.86. The van der Waals surface area contributed by atoms with Gasteiger partial charge in [-0.15, -0.1) is 0 Å². The SMILES string of the molecule is COc1cc2c(c(OC)c1OC)-c1ccc(NCCCC(=O)N3CCN(S(C)(=O)=O)CC3)c(=O)cc1[C@@H](NC(C)=O)CC2. The number of benzene rings is 1. The van der Waals surface area contributed by atoms with Crippen molar-refractivity contribution in [2.75, 3.05) is 65.6 Å². The Kier molecular flexibility index (Phi) is 10.2. The average molecular weight is 617 g/mol. The Labute approximate surface area is 252 Å². The first-order chi connectivity index (χ1) is 20.5. The summed E-state index contributed by atoms with van der Waals surface area (Å²) in [6.45, 7) is 3.14. The third-order valence-corrected chi connectivity index (χ3v) is 9.16. The smallest absolute Gasteiger partial charge is 0.222 e. The van der Waals surface area contributed by atoms with E-state index in [4.69, 9.17) is 14.2 Å². The number of carbonyl (C=O) groups excluding carboxylic acids is 2. The molecule has 2 aromatic rings. The number of rotatable bonds is 10. The molecule has 0 aromatic heterocycles. The van der Waals surface area contributed by atoms with Gasteiger partial charge in [-0.05, 0) is 54.2 Å². The van der Waals surface area contributed by atoms with E-state index < -0.39 is 16.1 Å².